The lowest BCUT2D eigenvalue weighted by Crippen LogP contribution is -2.31. The van der Waals surface area contributed by atoms with E-state index in [0.717, 1.165) is 27.6 Å². The number of benzene rings is 3. The van der Waals surface area contributed by atoms with Gasteiger partial charge in [0.1, 0.15) is 5.75 Å². The zero-order chi connectivity index (χ0) is 22.1. The number of ether oxygens (including phenoxy) is 1. The number of hydrogen-bond acceptors (Lipinski definition) is 5. The Morgan fingerprint density at radius 1 is 0.875 bits per heavy atom. The first-order valence-electron chi connectivity index (χ1n) is 10.5. The third-order valence-electron chi connectivity index (χ3n) is 5.36. The van der Waals surface area contributed by atoms with Crippen molar-refractivity contribution in [1.82, 2.24) is 14.5 Å². The lowest BCUT2D eigenvalue weighted by Gasteiger charge is -2.14. The molecule has 5 rings (SSSR count). The van der Waals surface area contributed by atoms with E-state index in [1.165, 1.54) is 16.7 Å². The average molecular weight is 444 g/mol. The highest BCUT2D eigenvalue weighted by Gasteiger charge is 2.34. The Kier molecular flexibility index (Phi) is 5.41. The summed E-state index contributed by atoms with van der Waals surface area (Å²) in [6, 6.07) is 22.8. The fourth-order valence-electron chi connectivity index (χ4n) is 3.88. The molecule has 0 atom stereocenters. The largest absolute Gasteiger partial charge is 0.494 e. The van der Waals surface area contributed by atoms with Crippen molar-refractivity contribution < 1.29 is 14.3 Å². The minimum atomic E-state index is -0.230. The summed E-state index contributed by atoms with van der Waals surface area (Å²) in [6.45, 7) is 2.90. The number of carbonyl (C=O) groups excluding carboxylic acids is 2. The number of carbonyl (C=O) groups is 2. The zero-order valence-electron chi connectivity index (χ0n) is 17.5. The van der Waals surface area contributed by atoms with E-state index in [9.17, 15) is 9.59 Å². The van der Waals surface area contributed by atoms with Crippen molar-refractivity contribution in [2.75, 3.05) is 18.9 Å². The molecule has 0 N–H and O–H groups in total. The van der Waals surface area contributed by atoms with Crippen molar-refractivity contribution in [2.45, 2.75) is 12.1 Å². The number of rotatable bonds is 7. The molecule has 0 aliphatic carbocycles. The molecule has 7 heteroatoms. The van der Waals surface area contributed by atoms with E-state index < -0.39 is 0 Å². The highest BCUT2D eigenvalue weighted by atomic mass is 32.2. The first-order chi connectivity index (χ1) is 15.7. The Labute approximate surface area is 189 Å². The van der Waals surface area contributed by atoms with E-state index in [-0.39, 0.29) is 11.8 Å². The maximum atomic E-state index is 12.6. The average Bonchev–Trinajstić information content (AvgIpc) is 3.31. The molecule has 3 aromatic carbocycles. The lowest BCUT2D eigenvalue weighted by molar-refractivity contribution is 0.0664. The summed E-state index contributed by atoms with van der Waals surface area (Å²) in [7, 11) is 0. The Hall–Kier alpha value is -3.58. The third-order valence-corrected chi connectivity index (χ3v) is 6.28. The number of nitrogens with zero attached hydrogens (tertiary/aromatic N) is 3. The predicted molar refractivity (Wildman–Crippen MR) is 125 cm³/mol. The Bertz CT molecular complexity index is 1280. The van der Waals surface area contributed by atoms with Gasteiger partial charge in [0.2, 0.25) is 0 Å². The van der Waals surface area contributed by atoms with Gasteiger partial charge >= 0.3 is 0 Å². The Morgan fingerprint density at radius 2 is 1.53 bits per heavy atom. The normalized spacial score (nSPS) is 13.1. The van der Waals surface area contributed by atoms with Gasteiger partial charge in [-0.05, 0) is 55.5 Å². The summed E-state index contributed by atoms with van der Waals surface area (Å²) in [5.41, 5.74) is 3.82. The van der Waals surface area contributed by atoms with Crippen molar-refractivity contribution in [3.8, 4) is 11.4 Å². The number of hydrogen-bond donors (Lipinski definition) is 0. The second-order valence-electron chi connectivity index (χ2n) is 7.30. The van der Waals surface area contributed by atoms with Crippen LogP contribution in [0.15, 0.2) is 78.0 Å². The van der Waals surface area contributed by atoms with E-state index in [0.29, 0.717) is 30.0 Å². The third kappa shape index (κ3) is 3.54. The number of aromatic nitrogens is 2. The molecule has 0 saturated heterocycles. The number of para-hydroxylation sites is 2. The van der Waals surface area contributed by atoms with Gasteiger partial charge in [-0.2, -0.15) is 0 Å². The molecule has 6 nitrogen and oxygen atoms in total. The van der Waals surface area contributed by atoms with E-state index in [2.05, 4.69) is 4.57 Å². The maximum absolute atomic E-state index is 12.6. The van der Waals surface area contributed by atoms with Crippen LogP contribution in [0.2, 0.25) is 0 Å². The van der Waals surface area contributed by atoms with Crippen molar-refractivity contribution in [3.05, 3.63) is 83.9 Å². The van der Waals surface area contributed by atoms with E-state index in [1.54, 1.807) is 24.3 Å². The molecule has 1 aromatic heterocycles. The molecule has 0 bridgehead atoms. The van der Waals surface area contributed by atoms with Crippen LogP contribution in [0.3, 0.4) is 0 Å². The summed E-state index contributed by atoms with van der Waals surface area (Å²) >= 11 is 1.53. The summed E-state index contributed by atoms with van der Waals surface area (Å²) in [6.07, 6.45) is 0. The summed E-state index contributed by atoms with van der Waals surface area (Å²) < 4.78 is 7.66. The molecule has 2 amide bonds. The molecule has 0 unspecified atom stereocenters. The van der Waals surface area contributed by atoms with E-state index in [1.807, 2.05) is 55.5 Å². The maximum Gasteiger partial charge on any atom is 0.261 e. The molecule has 1 aliphatic heterocycles. The quantitative estimate of drug-likeness (QED) is 0.303. The molecule has 0 saturated carbocycles. The van der Waals surface area contributed by atoms with E-state index >= 15 is 0 Å². The van der Waals surface area contributed by atoms with Crippen molar-refractivity contribution >= 4 is 34.6 Å². The molecule has 4 aromatic rings. The number of imidazole rings is 1. The summed E-state index contributed by atoms with van der Waals surface area (Å²) in [5, 5.41) is 0.812. The fraction of sp³-hybridized carbons (Fsp3) is 0.160. The second kappa shape index (κ2) is 8.51. The van der Waals surface area contributed by atoms with Crippen molar-refractivity contribution in [2.24, 2.45) is 0 Å². The van der Waals surface area contributed by atoms with Gasteiger partial charge in [0.15, 0.2) is 5.16 Å². The summed E-state index contributed by atoms with van der Waals surface area (Å²) in [4.78, 5) is 31.4. The highest BCUT2D eigenvalue weighted by Crippen LogP contribution is 2.30. The molecule has 0 radical (unpaired) electrons. The van der Waals surface area contributed by atoms with Crippen LogP contribution < -0.4 is 4.74 Å². The van der Waals surface area contributed by atoms with Gasteiger partial charge in [-0.1, -0.05) is 36.0 Å². The number of imide groups is 1. The first kappa shape index (κ1) is 20.3. The zero-order valence-corrected chi connectivity index (χ0v) is 18.3. The molecule has 1 aliphatic rings. The van der Waals surface area contributed by atoms with Crippen LogP contribution in [0, 0.1) is 0 Å². The minimum absolute atomic E-state index is 0.230. The van der Waals surface area contributed by atoms with Gasteiger partial charge in [0.25, 0.3) is 11.8 Å². The minimum Gasteiger partial charge on any atom is -0.494 e. The Balaban J connectivity index is 1.39. The Morgan fingerprint density at radius 3 is 2.22 bits per heavy atom. The standard InChI is InChI=1S/C25H21N3O3S/c1-2-31-18-13-11-17(12-14-18)28-22-10-6-5-9-21(22)26-25(28)32-16-15-27-23(29)19-7-3-4-8-20(19)24(27)30/h3-14H,2,15-16H2,1H3. The molecule has 32 heavy (non-hydrogen) atoms. The van der Waals surface area contributed by atoms with Crippen LogP contribution in [-0.2, 0) is 0 Å². The second-order valence-corrected chi connectivity index (χ2v) is 8.36. The van der Waals surface area contributed by atoms with E-state index in [4.69, 9.17) is 9.72 Å². The van der Waals surface area contributed by atoms with Gasteiger partial charge < -0.3 is 4.74 Å². The number of thioether (sulfide) groups is 1. The summed E-state index contributed by atoms with van der Waals surface area (Å²) in [5.74, 6) is 0.907. The van der Waals surface area contributed by atoms with Crippen LogP contribution in [0.25, 0.3) is 16.7 Å². The van der Waals surface area contributed by atoms with Crippen molar-refractivity contribution in [1.29, 1.82) is 0 Å². The monoisotopic (exact) mass is 443 g/mol. The van der Waals surface area contributed by atoms with Gasteiger partial charge in [-0.3, -0.25) is 19.1 Å². The highest BCUT2D eigenvalue weighted by molar-refractivity contribution is 7.99. The topological polar surface area (TPSA) is 64.4 Å². The lowest BCUT2D eigenvalue weighted by atomic mass is 10.1. The molecule has 0 fully saturated rings. The predicted octanol–water partition coefficient (Wildman–Crippen LogP) is 4.81. The SMILES string of the molecule is CCOc1ccc(-n2c(SCCN3C(=O)c4ccccc4C3=O)nc3ccccc32)cc1. The van der Waals surface area contributed by atoms with Crippen LogP contribution >= 0.6 is 11.8 Å². The fourth-order valence-corrected chi connectivity index (χ4v) is 4.83. The molecular weight excluding hydrogens is 422 g/mol. The van der Waals surface area contributed by atoms with Gasteiger partial charge in [-0.15, -0.1) is 0 Å². The van der Waals surface area contributed by atoms with Crippen LogP contribution in [0.1, 0.15) is 27.6 Å². The van der Waals surface area contributed by atoms with Crippen LogP contribution in [-0.4, -0.2) is 45.2 Å². The molecule has 2 heterocycles. The molecular formula is C25H21N3O3S. The number of fused-ring (bicyclic) bond motifs is 2. The number of amides is 2. The smallest absolute Gasteiger partial charge is 0.261 e. The van der Waals surface area contributed by atoms with Gasteiger partial charge in [0, 0.05) is 18.0 Å². The molecule has 0 spiro atoms. The first-order valence-corrected chi connectivity index (χ1v) is 11.4. The van der Waals surface area contributed by atoms with Gasteiger partial charge in [0.05, 0.1) is 28.8 Å². The van der Waals surface area contributed by atoms with Gasteiger partial charge in [-0.25, -0.2) is 4.98 Å². The molecule has 160 valence electrons. The van der Waals surface area contributed by atoms with Crippen LogP contribution in [0.5, 0.6) is 5.75 Å². The van der Waals surface area contributed by atoms with Crippen molar-refractivity contribution in [3.63, 3.8) is 0 Å². The van der Waals surface area contributed by atoms with Crippen LogP contribution in [0.4, 0.5) is 0 Å².